The van der Waals surface area contributed by atoms with E-state index in [1.807, 2.05) is 6.07 Å². The number of ether oxygens (including phenoxy) is 1. The summed E-state index contributed by atoms with van der Waals surface area (Å²) in [5.41, 5.74) is -0.286. The summed E-state index contributed by atoms with van der Waals surface area (Å²) in [5.74, 6) is -0.720. The molecule has 1 unspecified atom stereocenters. The highest BCUT2D eigenvalue weighted by atomic mass is 35.5. The van der Waals surface area contributed by atoms with E-state index in [1.54, 1.807) is 54.6 Å². The molecule has 1 aliphatic heterocycles. The lowest BCUT2D eigenvalue weighted by atomic mass is 10.0. The molecule has 4 rings (SSSR count). The molecule has 2 amide bonds. The van der Waals surface area contributed by atoms with Gasteiger partial charge in [-0.2, -0.15) is 18.4 Å². The lowest BCUT2D eigenvalue weighted by Gasteiger charge is -2.19. The minimum atomic E-state index is -4.59. The molecule has 0 bridgehead atoms. The average molecular weight is 558 g/mol. The van der Waals surface area contributed by atoms with Gasteiger partial charge in [-0.15, -0.1) is 0 Å². The van der Waals surface area contributed by atoms with Crippen molar-refractivity contribution in [3.05, 3.63) is 99.5 Å². The zero-order chi connectivity index (χ0) is 27.4. The number of hydrogen-bond donors (Lipinski definition) is 1. The van der Waals surface area contributed by atoms with Crippen LogP contribution >= 0.6 is 23.4 Å². The van der Waals surface area contributed by atoms with E-state index in [2.05, 4.69) is 5.32 Å². The third-order valence-corrected chi connectivity index (χ3v) is 7.28. The second-order valence-corrected chi connectivity index (χ2v) is 9.70. The first kappa shape index (κ1) is 27.1. The summed E-state index contributed by atoms with van der Waals surface area (Å²) < 4.78 is 45.1. The Balaban J connectivity index is 1.75. The molecular formula is C27H19ClF3N3O3S. The fourth-order valence-corrected chi connectivity index (χ4v) is 5.27. The number of carbonyl (C=O) groups excluding carboxylic acids is 2. The number of benzene rings is 3. The molecule has 0 aliphatic carbocycles. The summed E-state index contributed by atoms with van der Waals surface area (Å²) in [5, 5.41) is 11.8. The van der Waals surface area contributed by atoms with E-state index >= 15 is 0 Å². The predicted molar refractivity (Wildman–Crippen MR) is 140 cm³/mol. The van der Waals surface area contributed by atoms with Crippen molar-refractivity contribution in [2.24, 2.45) is 0 Å². The topological polar surface area (TPSA) is 82.4 Å². The zero-order valence-electron chi connectivity index (χ0n) is 19.8. The molecule has 38 heavy (non-hydrogen) atoms. The summed E-state index contributed by atoms with van der Waals surface area (Å²) in [4.78, 5) is 27.9. The molecule has 11 heteroatoms. The van der Waals surface area contributed by atoms with E-state index in [0.717, 1.165) is 30.0 Å². The largest absolute Gasteiger partial charge is 0.497 e. The van der Waals surface area contributed by atoms with Crippen LogP contribution in [-0.4, -0.2) is 24.2 Å². The highest BCUT2D eigenvalue weighted by Crippen LogP contribution is 2.43. The second kappa shape index (κ2) is 11.2. The Hall–Kier alpha value is -3.94. The summed E-state index contributed by atoms with van der Waals surface area (Å²) in [6.07, 6.45) is -4.74. The van der Waals surface area contributed by atoms with Gasteiger partial charge in [-0.3, -0.25) is 14.5 Å². The van der Waals surface area contributed by atoms with Crippen molar-refractivity contribution in [2.45, 2.75) is 17.8 Å². The van der Waals surface area contributed by atoms with Gasteiger partial charge in [0.05, 0.1) is 17.9 Å². The molecule has 194 valence electrons. The Bertz CT molecular complexity index is 1440. The van der Waals surface area contributed by atoms with Crippen LogP contribution in [-0.2, 0) is 22.2 Å². The van der Waals surface area contributed by atoms with Crippen molar-refractivity contribution < 1.29 is 27.5 Å². The van der Waals surface area contributed by atoms with Gasteiger partial charge in [0.1, 0.15) is 22.4 Å². The highest BCUT2D eigenvalue weighted by molar-refractivity contribution is 8.05. The number of rotatable bonds is 6. The van der Waals surface area contributed by atoms with Gasteiger partial charge in [-0.25, -0.2) is 0 Å². The van der Waals surface area contributed by atoms with Crippen LogP contribution < -0.4 is 15.0 Å². The number of hydrogen-bond acceptors (Lipinski definition) is 5. The number of nitrogens with zero attached hydrogens (tertiary/aromatic N) is 2. The maximum absolute atomic E-state index is 13.6. The van der Waals surface area contributed by atoms with Crippen LogP contribution in [0.15, 0.2) is 83.4 Å². The van der Waals surface area contributed by atoms with Crippen molar-refractivity contribution in [3.8, 4) is 11.8 Å². The minimum Gasteiger partial charge on any atom is -0.497 e. The molecule has 0 spiro atoms. The van der Waals surface area contributed by atoms with Crippen LogP contribution in [0.3, 0.4) is 0 Å². The van der Waals surface area contributed by atoms with Crippen molar-refractivity contribution in [1.29, 1.82) is 5.26 Å². The van der Waals surface area contributed by atoms with Gasteiger partial charge in [0, 0.05) is 16.4 Å². The molecule has 3 aromatic carbocycles. The van der Waals surface area contributed by atoms with Crippen LogP contribution in [0.25, 0.3) is 0 Å². The lowest BCUT2D eigenvalue weighted by Crippen LogP contribution is -2.31. The molecule has 3 aromatic rings. The highest BCUT2D eigenvalue weighted by Gasteiger charge is 2.41. The summed E-state index contributed by atoms with van der Waals surface area (Å²) in [6, 6.07) is 19.6. The fraction of sp³-hybridized carbons (Fsp3) is 0.148. The number of alkyl halides is 3. The van der Waals surface area contributed by atoms with E-state index in [4.69, 9.17) is 16.3 Å². The summed E-state index contributed by atoms with van der Waals surface area (Å²) in [6.45, 7) is 0. The Morgan fingerprint density at radius 3 is 2.42 bits per heavy atom. The molecule has 0 aromatic heterocycles. The Morgan fingerprint density at radius 1 is 1.13 bits per heavy atom. The summed E-state index contributed by atoms with van der Waals surface area (Å²) in [7, 11) is 1.48. The second-order valence-electron chi connectivity index (χ2n) is 8.10. The van der Waals surface area contributed by atoms with Gasteiger partial charge in [0.2, 0.25) is 5.91 Å². The molecule has 1 atom stereocenters. The predicted octanol–water partition coefficient (Wildman–Crippen LogP) is 6.43. The lowest BCUT2D eigenvalue weighted by molar-refractivity contribution is -0.137. The van der Waals surface area contributed by atoms with Crippen LogP contribution in [0.4, 0.5) is 24.5 Å². The molecule has 0 saturated carbocycles. The van der Waals surface area contributed by atoms with Crippen LogP contribution in [0.5, 0.6) is 5.75 Å². The molecule has 1 fully saturated rings. The van der Waals surface area contributed by atoms with Crippen molar-refractivity contribution in [3.63, 3.8) is 0 Å². The number of thioether (sulfide) groups is 1. The maximum atomic E-state index is 13.6. The minimum absolute atomic E-state index is 0.0594. The van der Waals surface area contributed by atoms with Gasteiger partial charge < -0.3 is 10.1 Å². The maximum Gasteiger partial charge on any atom is 0.416 e. The van der Waals surface area contributed by atoms with E-state index in [-0.39, 0.29) is 27.6 Å². The first-order valence-electron chi connectivity index (χ1n) is 11.1. The fourth-order valence-electron chi connectivity index (χ4n) is 3.78. The zero-order valence-corrected chi connectivity index (χ0v) is 21.3. The van der Waals surface area contributed by atoms with Gasteiger partial charge in [0.25, 0.3) is 5.91 Å². The van der Waals surface area contributed by atoms with Crippen molar-refractivity contribution in [2.75, 3.05) is 17.3 Å². The molecule has 1 aliphatic rings. The van der Waals surface area contributed by atoms with Gasteiger partial charge >= 0.3 is 6.18 Å². The van der Waals surface area contributed by atoms with Crippen LogP contribution in [0.2, 0.25) is 5.02 Å². The SMILES string of the molecule is COc1ccc(N2C(=O)C(Cc3cc(C(F)(F)F)ccc3Cl)S/C2=C(/C#N)C(=O)Nc2ccccc2)cc1. The molecule has 1 N–H and O–H groups in total. The van der Waals surface area contributed by atoms with E-state index < -0.39 is 28.8 Å². The number of anilines is 2. The number of halogens is 4. The molecular weight excluding hydrogens is 539 g/mol. The van der Waals surface area contributed by atoms with E-state index in [1.165, 1.54) is 12.0 Å². The number of carbonyl (C=O) groups is 2. The Morgan fingerprint density at radius 2 is 1.82 bits per heavy atom. The number of para-hydroxylation sites is 1. The summed E-state index contributed by atoms with van der Waals surface area (Å²) >= 11 is 7.10. The van der Waals surface area contributed by atoms with E-state index in [9.17, 15) is 28.0 Å². The number of methoxy groups -OCH3 is 1. The average Bonchev–Trinajstić information content (AvgIpc) is 3.21. The normalized spacial score (nSPS) is 16.7. The van der Waals surface area contributed by atoms with Gasteiger partial charge in [-0.1, -0.05) is 41.6 Å². The first-order chi connectivity index (χ1) is 18.1. The molecule has 6 nitrogen and oxygen atoms in total. The Labute approximate surface area is 225 Å². The molecule has 1 heterocycles. The van der Waals surface area contributed by atoms with Crippen molar-refractivity contribution >= 4 is 46.6 Å². The number of nitrogens with one attached hydrogen (secondary N) is 1. The van der Waals surface area contributed by atoms with Gasteiger partial charge in [-0.05, 0) is 66.6 Å². The smallest absolute Gasteiger partial charge is 0.416 e. The standard InChI is InChI=1S/C27H19ClF3N3O3S/c1-37-20-10-8-19(9-11-20)34-25(36)23(14-16-13-17(27(29,30)31)7-12-22(16)28)38-26(34)21(15-32)24(35)33-18-5-3-2-4-6-18/h2-13,23H,14H2,1H3,(H,33,35)/b26-21-. The van der Waals surface area contributed by atoms with Gasteiger partial charge in [0.15, 0.2) is 0 Å². The number of amides is 2. The Kier molecular flexibility index (Phi) is 7.99. The van der Waals surface area contributed by atoms with E-state index in [0.29, 0.717) is 17.1 Å². The third kappa shape index (κ3) is 5.79. The van der Waals surface area contributed by atoms with Crippen molar-refractivity contribution in [1.82, 2.24) is 0 Å². The van der Waals surface area contributed by atoms with Crippen LogP contribution in [0.1, 0.15) is 11.1 Å². The third-order valence-electron chi connectivity index (χ3n) is 5.65. The molecule has 1 saturated heterocycles. The first-order valence-corrected chi connectivity index (χ1v) is 12.4. The quantitative estimate of drug-likeness (QED) is 0.279. The monoisotopic (exact) mass is 557 g/mol. The van der Waals surface area contributed by atoms with Crippen LogP contribution in [0, 0.1) is 11.3 Å². The number of nitriles is 1. The molecule has 0 radical (unpaired) electrons.